The lowest BCUT2D eigenvalue weighted by Gasteiger charge is -2.30. The first-order chi connectivity index (χ1) is 13.6. The number of aryl methyl sites for hydroxylation is 1. The Bertz CT molecular complexity index is 797. The molecule has 0 heterocycles. The number of methoxy groups -OCH3 is 1. The van der Waals surface area contributed by atoms with Gasteiger partial charge in [0.1, 0.15) is 12.4 Å². The molecule has 0 spiro atoms. The van der Waals surface area contributed by atoms with Gasteiger partial charge < -0.3 is 14.2 Å². The summed E-state index contributed by atoms with van der Waals surface area (Å²) in [6.07, 6.45) is 4.70. The van der Waals surface area contributed by atoms with E-state index < -0.39 is 0 Å². The molecule has 3 nitrogen and oxygen atoms in total. The highest BCUT2D eigenvalue weighted by atomic mass is 16.5. The average Bonchev–Trinajstić information content (AvgIpc) is 3.51. The van der Waals surface area contributed by atoms with Gasteiger partial charge in [0.2, 0.25) is 0 Å². The van der Waals surface area contributed by atoms with E-state index in [1.54, 1.807) is 7.11 Å². The molecule has 2 aromatic rings. The molecule has 0 radical (unpaired) electrons. The molecule has 150 valence electrons. The van der Waals surface area contributed by atoms with Gasteiger partial charge in [0.15, 0.2) is 0 Å². The third-order valence-electron chi connectivity index (χ3n) is 6.43. The molecule has 0 aliphatic heterocycles. The van der Waals surface area contributed by atoms with Crippen molar-refractivity contribution in [1.29, 1.82) is 0 Å². The van der Waals surface area contributed by atoms with Gasteiger partial charge in [-0.3, -0.25) is 0 Å². The number of benzene rings is 2. The van der Waals surface area contributed by atoms with Crippen molar-refractivity contribution in [2.45, 2.75) is 57.7 Å². The fraction of sp³-hybridized carbons (Fsp3) is 0.520. The Hall–Kier alpha value is -1.84. The normalized spacial score (nSPS) is 22.1. The molecule has 2 aromatic carbocycles. The van der Waals surface area contributed by atoms with Crippen LogP contribution in [0.25, 0.3) is 0 Å². The fourth-order valence-corrected chi connectivity index (χ4v) is 4.51. The second kappa shape index (κ2) is 8.26. The average molecular weight is 381 g/mol. The molecular weight excluding hydrogens is 348 g/mol. The first-order valence-corrected chi connectivity index (χ1v) is 10.6. The second-order valence-corrected chi connectivity index (χ2v) is 8.49. The third kappa shape index (κ3) is 3.97. The van der Waals surface area contributed by atoms with Crippen molar-refractivity contribution in [2.24, 2.45) is 5.92 Å². The van der Waals surface area contributed by atoms with Crippen LogP contribution < -0.4 is 4.74 Å². The summed E-state index contributed by atoms with van der Waals surface area (Å²) in [6, 6.07) is 15.1. The van der Waals surface area contributed by atoms with E-state index in [0.29, 0.717) is 25.7 Å². The van der Waals surface area contributed by atoms with Gasteiger partial charge in [-0.05, 0) is 61.1 Å². The quantitative estimate of drug-likeness (QED) is 0.530. The fourth-order valence-electron chi connectivity index (χ4n) is 4.51. The largest absolute Gasteiger partial charge is 0.488 e. The Kier molecular flexibility index (Phi) is 5.75. The highest BCUT2D eigenvalue weighted by Crippen LogP contribution is 2.51. The van der Waals surface area contributed by atoms with Crippen LogP contribution in [0.5, 0.6) is 5.75 Å². The van der Waals surface area contributed by atoms with Gasteiger partial charge in [-0.15, -0.1) is 0 Å². The molecule has 0 aromatic heterocycles. The van der Waals surface area contributed by atoms with E-state index in [1.165, 1.54) is 35.1 Å². The van der Waals surface area contributed by atoms with E-state index in [9.17, 15) is 0 Å². The monoisotopic (exact) mass is 380 g/mol. The summed E-state index contributed by atoms with van der Waals surface area (Å²) in [6.45, 7) is 6.38. The van der Waals surface area contributed by atoms with Crippen molar-refractivity contribution < 1.29 is 14.2 Å². The first-order valence-electron chi connectivity index (χ1n) is 10.6. The molecule has 2 aliphatic rings. The first kappa shape index (κ1) is 19.5. The van der Waals surface area contributed by atoms with Crippen LogP contribution in [0.15, 0.2) is 42.5 Å². The molecule has 2 unspecified atom stereocenters. The van der Waals surface area contributed by atoms with Gasteiger partial charge in [0.25, 0.3) is 0 Å². The van der Waals surface area contributed by atoms with Crippen LogP contribution in [-0.2, 0) is 28.1 Å². The number of fused-ring (bicyclic) bond motifs is 1. The molecule has 28 heavy (non-hydrogen) atoms. The molecule has 0 bridgehead atoms. The maximum absolute atomic E-state index is 6.56. The standard InChI is InChI=1S/C25H32O3/c1-18(20-9-10-20)22-12-11-21-13-14-25(2,28-16-15-26-3)23(21)24(22)27-17-19-7-5-4-6-8-19/h4-8,11-12,18,20H,9-10,13-17H2,1-3H3. The van der Waals surface area contributed by atoms with E-state index in [0.717, 1.165) is 24.5 Å². The van der Waals surface area contributed by atoms with Crippen LogP contribution in [0.3, 0.4) is 0 Å². The number of rotatable bonds is 9. The van der Waals surface area contributed by atoms with E-state index in [4.69, 9.17) is 14.2 Å². The number of ether oxygens (including phenoxy) is 3. The predicted octanol–water partition coefficient (Wildman–Crippen LogP) is 5.60. The summed E-state index contributed by atoms with van der Waals surface area (Å²) in [5.41, 5.74) is 4.88. The number of hydrogen-bond acceptors (Lipinski definition) is 3. The van der Waals surface area contributed by atoms with Crippen LogP contribution in [-0.4, -0.2) is 20.3 Å². The van der Waals surface area contributed by atoms with Crippen molar-refractivity contribution in [3.05, 3.63) is 64.7 Å². The van der Waals surface area contributed by atoms with E-state index in [-0.39, 0.29) is 5.60 Å². The maximum Gasteiger partial charge on any atom is 0.129 e. The summed E-state index contributed by atoms with van der Waals surface area (Å²) < 4.78 is 18.1. The molecule has 0 N–H and O–H groups in total. The molecule has 4 rings (SSSR count). The van der Waals surface area contributed by atoms with Crippen LogP contribution in [0.2, 0.25) is 0 Å². The topological polar surface area (TPSA) is 27.7 Å². The van der Waals surface area contributed by atoms with Crippen molar-refractivity contribution in [3.63, 3.8) is 0 Å². The van der Waals surface area contributed by atoms with Crippen LogP contribution >= 0.6 is 0 Å². The van der Waals surface area contributed by atoms with E-state index in [2.05, 4.69) is 50.2 Å². The molecular formula is C25H32O3. The van der Waals surface area contributed by atoms with Gasteiger partial charge in [-0.25, -0.2) is 0 Å². The zero-order chi connectivity index (χ0) is 19.6. The third-order valence-corrected chi connectivity index (χ3v) is 6.43. The van der Waals surface area contributed by atoms with Crippen molar-refractivity contribution in [1.82, 2.24) is 0 Å². The lowest BCUT2D eigenvalue weighted by molar-refractivity contribution is -0.0555. The van der Waals surface area contributed by atoms with Crippen LogP contribution in [0.1, 0.15) is 61.3 Å². The number of hydrogen-bond donors (Lipinski definition) is 0. The molecule has 2 aliphatic carbocycles. The van der Waals surface area contributed by atoms with E-state index in [1.807, 2.05) is 6.07 Å². The molecule has 2 atom stereocenters. The van der Waals surface area contributed by atoms with Gasteiger partial charge in [0.05, 0.1) is 18.8 Å². The van der Waals surface area contributed by atoms with Gasteiger partial charge in [-0.1, -0.05) is 49.4 Å². The SMILES string of the molecule is COCCOC1(C)CCc2ccc(C(C)C3CC3)c(OCc3ccccc3)c21. The van der Waals surface area contributed by atoms with Crippen molar-refractivity contribution in [3.8, 4) is 5.75 Å². The Labute approximate surface area is 169 Å². The lowest BCUT2D eigenvalue weighted by Crippen LogP contribution is -2.26. The van der Waals surface area contributed by atoms with Crippen LogP contribution in [0, 0.1) is 5.92 Å². The molecule has 3 heteroatoms. The predicted molar refractivity (Wildman–Crippen MR) is 112 cm³/mol. The zero-order valence-corrected chi connectivity index (χ0v) is 17.4. The maximum atomic E-state index is 6.56. The molecule has 1 saturated carbocycles. The minimum absolute atomic E-state index is 0.306. The summed E-state index contributed by atoms with van der Waals surface area (Å²) in [5.74, 6) is 2.39. The summed E-state index contributed by atoms with van der Waals surface area (Å²) in [5, 5.41) is 0. The Morgan fingerprint density at radius 1 is 1.07 bits per heavy atom. The Morgan fingerprint density at radius 3 is 2.57 bits per heavy atom. The summed E-state index contributed by atoms with van der Waals surface area (Å²) in [7, 11) is 1.72. The minimum Gasteiger partial charge on any atom is -0.488 e. The lowest BCUT2D eigenvalue weighted by atomic mass is 9.88. The Balaban J connectivity index is 1.68. The van der Waals surface area contributed by atoms with Crippen molar-refractivity contribution in [2.75, 3.05) is 20.3 Å². The zero-order valence-electron chi connectivity index (χ0n) is 17.4. The van der Waals surface area contributed by atoms with E-state index >= 15 is 0 Å². The van der Waals surface area contributed by atoms with Crippen LogP contribution in [0.4, 0.5) is 0 Å². The Morgan fingerprint density at radius 2 is 1.86 bits per heavy atom. The summed E-state index contributed by atoms with van der Waals surface area (Å²) >= 11 is 0. The van der Waals surface area contributed by atoms with Gasteiger partial charge >= 0.3 is 0 Å². The minimum atomic E-state index is -0.306. The summed E-state index contributed by atoms with van der Waals surface area (Å²) in [4.78, 5) is 0. The van der Waals surface area contributed by atoms with Gasteiger partial charge in [-0.2, -0.15) is 0 Å². The molecule has 0 amide bonds. The highest BCUT2D eigenvalue weighted by molar-refractivity contribution is 5.54. The highest BCUT2D eigenvalue weighted by Gasteiger charge is 2.41. The second-order valence-electron chi connectivity index (χ2n) is 8.49. The van der Waals surface area contributed by atoms with Gasteiger partial charge in [0, 0.05) is 12.7 Å². The molecule has 1 fully saturated rings. The van der Waals surface area contributed by atoms with Crippen molar-refractivity contribution >= 4 is 0 Å². The smallest absolute Gasteiger partial charge is 0.129 e. The molecule has 0 saturated heterocycles.